The minimum atomic E-state index is -0.521. The Hall–Kier alpha value is -3.28. The summed E-state index contributed by atoms with van der Waals surface area (Å²) in [5, 5.41) is 0.304. The lowest BCUT2D eigenvalue weighted by atomic mass is 10.1. The van der Waals surface area contributed by atoms with Gasteiger partial charge in [0, 0.05) is 37.8 Å². The zero-order valence-corrected chi connectivity index (χ0v) is 16.4. The van der Waals surface area contributed by atoms with E-state index in [4.69, 9.17) is 0 Å². The molecule has 28 heavy (non-hydrogen) atoms. The highest BCUT2D eigenvalue weighted by Gasteiger charge is 2.14. The first-order valence-electron chi connectivity index (χ1n) is 9.03. The molecule has 0 N–H and O–H groups in total. The number of allylic oxidation sites excluding steroid dienone is 1. The van der Waals surface area contributed by atoms with Crippen molar-refractivity contribution in [2.24, 2.45) is 0 Å². The molecule has 0 saturated heterocycles. The summed E-state index contributed by atoms with van der Waals surface area (Å²) in [6.07, 6.45) is 3.17. The Bertz CT molecular complexity index is 1130. The minimum absolute atomic E-state index is 0.181. The van der Waals surface area contributed by atoms with Gasteiger partial charge in [-0.2, -0.15) is 0 Å². The Labute approximate surface area is 162 Å². The fourth-order valence-corrected chi connectivity index (χ4v) is 3.01. The summed E-state index contributed by atoms with van der Waals surface area (Å²) in [5.74, 6) is -0.161. The van der Waals surface area contributed by atoms with Gasteiger partial charge in [-0.15, -0.1) is 0 Å². The molecule has 6 heteroatoms. The van der Waals surface area contributed by atoms with E-state index in [1.807, 2.05) is 50.2 Å². The maximum absolute atomic E-state index is 14.4. The van der Waals surface area contributed by atoms with E-state index in [-0.39, 0.29) is 16.9 Å². The van der Waals surface area contributed by atoms with Crippen molar-refractivity contribution in [3.8, 4) is 5.69 Å². The van der Waals surface area contributed by atoms with Crippen LogP contribution in [0.15, 0.2) is 47.3 Å². The van der Waals surface area contributed by atoms with Gasteiger partial charge in [-0.3, -0.25) is 14.2 Å². The summed E-state index contributed by atoms with van der Waals surface area (Å²) >= 11 is 0. The third-order valence-electron chi connectivity index (χ3n) is 4.49. The molecule has 5 nitrogen and oxygen atoms in total. The molecule has 0 unspecified atom stereocenters. The lowest BCUT2D eigenvalue weighted by Gasteiger charge is -2.16. The molecule has 0 aliphatic rings. The first kappa shape index (κ1) is 19.5. The molecule has 0 spiro atoms. The van der Waals surface area contributed by atoms with Crippen molar-refractivity contribution in [3.63, 3.8) is 0 Å². The molecular formula is C22H22FN3O2. The molecule has 144 valence electrons. The van der Waals surface area contributed by atoms with Crippen LogP contribution in [0.25, 0.3) is 22.7 Å². The van der Waals surface area contributed by atoms with E-state index in [9.17, 15) is 14.0 Å². The molecule has 0 radical (unpaired) electrons. The van der Waals surface area contributed by atoms with Crippen LogP contribution in [0.4, 0.5) is 10.1 Å². The molecule has 3 aromatic rings. The molecule has 0 atom stereocenters. The zero-order valence-electron chi connectivity index (χ0n) is 16.4. The summed E-state index contributed by atoms with van der Waals surface area (Å²) in [7, 11) is 3.89. The molecule has 0 bridgehead atoms. The number of fused-ring (bicyclic) bond motifs is 1. The zero-order chi connectivity index (χ0) is 20.4. The Kier molecular flexibility index (Phi) is 5.40. The van der Waals surface area contributed by atoms with Crippen LogP contribution < -0.4 is 10.5 Å². The number of ketones is 1. The van der Waals surface area contributed by atoms with E-state index in [0.29, 0.717) is 28.8 Å². The Balaban J connectivity index is 2.24. The van der Waals surface area contributed by atoms with Crippen molar-refractivity contribution in [2.45, 2.75) is 20.3 Å². The number of hydrogen-bond acceptors (Lipinski definition) is 4. The van der Waals surface area contributed by atoms with Crippen LogP contribution in [-0.2, 0) is 11.2 Å². The first-order valence-corrected chi connectivity index (χ1v) is 9.03. The maximum Gasteiger partial charge on any atom is 0.265 e. The maximum atomic E-state index is 14.4. The molecule has 1 heterocycles. The second-order valence-corrected chi connectivity index (χ2v) is 6.77. The molecule has 2 aromatic carbocycles. The van der Waals surface area contributed by atoms with Crippen molar-refractivity contribution in [2.75, 3.05) is 19.0 Å². The van der Waals surface area contributed by atoms with Crippen LogP contribution in [0.2, 0.25) is 0 Å². The number of carbonyl (C=O) groups is 1. The number of halogens is 1. The van der Waals surface area contributed by atoms with Crippen molar-refractivity contribution in [1.82, 2.24) is 9.55 Å². The highest BCUT2D eigenvalue weighted by molar-refractivity contribution is 5.92. The normalized spacial score (nSPS) is 11.3. The topological polar surface area (TPSA) is 55.2 Å². The van der Waals surface area contributed by atoms with Gasteiger partial charge in [0.1, 0.15) is 11.6 Å². The number of hydrogen-bond donors (Lipinski definition) is 0. The fraction of sp³-hybridized carbons (Fsp3) is 0.227. The van der Waals surface area contributed by atoms with Gasteiger partial charge < -0.3 is 4.90 Å². The van der Waals surface area contributed by atoms with Gasteiger partial charge in [-0.1, -0.05) is 6.92 Å². The summed E-state index contributed by atoms with van der Waals surface area (Å²) < 4.78 is 15.9. The molecule has 0 amide bonds. The quantitative estimate of drug-likeness (QED) is 0.634. The van der Waals surface area contributed by atoms with E-state index >= 15 is 0 Å². The van der Waals surface area contributed by atoms with Crippen LogP contribution in [0, 0.1) is 5.82 Å². The van der Waals surface area contributed by atoms with Crippen LogP contribution >= 0.6 is 0 Å². The highest BCUT2D eigenvalue weighted by Crippen LogP contribution is 2.20. The third kappa shape index (κ3) is 3.71. The van der Waals surface area contributed by atoms with Crippen molar-refractivity contribution >= 4 is 28.4 Å². The second kappa shape index (κ2) is 7.76. The largest absolute Gasteiger partial charge is 0.378 e. The van der Waals surface area contributed by atoms with Gasteiger partial charge >= 0.3 is 0 Å². The van der Waals surface area contributed by atoms with Crippen LogP contribution in [0.3, 0.4) is 0 Å². The van der Waals surface area contributed by atoms with E-state index in [1.165, 1.54) is 31.2 Å². The summed E-state index contributed by atoms with van der Waals surface area (Å²) in [4.78, 5) is 30.9. The molecule has 0 aliphatic carbocycles. The number of rotatable bonds is 5. The summed E-state index contributed by atoms with van der Waals surface area (Å²) in [6, 6.07) is 10.3. The van der Waals surface area contributed by atoms with Crippen LogP contribution in [0.5, 0.6) is 0 Å². The Morgan fingerprint density at radius 2 is 1.89 bits per heavy atom. The fourth-order valence-electron chi connectivity index (χ4n) is 3.01. The Morgan fingerprint density at radius 3 is 2.46 bits per heavy atom. The number of carbonyl (C=O) groups excluding carboxylic acids is 1. The van der Waals surface area contributed by atoms with Crippen molar-refractivity contribution in [3.05, 3.63) is 70.0 Å². The number of anilines is 1. The monoisotopic (exact) mass is 379 g/mol. The summed E-state index contributed by atoms with van der Waals surface area (Å²) in [6.45, 7) is 3.29. The first-order chi connectivity index (χ1) is 13.3. The molecule has 0 fully saturated rings. The van der Waals surface area contributed by atoms with E-state index in [0.717, 1.165) is 5.69 Å². The lowest BCUT2D eigenvalue weighted by Crippen LogP contribution is -2.24. The number of nitrogens with zero attached hydrogens (tertiary/aromatic N) is 3. The third-order valence-corrected chi connectivity index (χ3v) is 4.49. The molecular weight excluding hydrogens is 357 g/mol. The highest BCUT2D eigenvalue weighted by atomic mass is 19.1. The standard InChI is InChI=1S/C22H22FN3O2/c1-5-21-24-20-13-19(23)15(7-6-14(2)27)12-18(20)22(28)26(21)17-10-8-16(9-11-17)25(3)4/h6-13H,5H2,1-4H3/b7-6+. The SMILES string of the molecule is CCc1nc2cc(F)c(/C=C/C(C)=O)cc2c(=O)n1-c1ccc(N(C)C)cc1. The lowest BCUT2D eigenvalue weighted by molar-refractivity contribution is -0.112. The average Bonchev–Trinajstić information content (AvgIpc) is 2.66. The molecule has 3 rings (SSSR count). The van der Waals surface area contributed by atoms with Crippen molar-refractivity contribution < 1.29 is 9.18 Å². The van der Waals surface area contributed by atoms with Gasteiger partial charge in [0.15, 0.2) is 5.78 Å². The number of benzene rings is 2. The van der Waals surface area contributed by atoms with Gasteiger partial charge in [0.25, 0.3) is 5.56 Å². The molecule has 1 aromatic heterocycles. The summed E-state index contributed by atoms with van der Waals surface area (Å²) in [5.41, 5.74) is 1.94. The van der Waals surface area contributed by atoms with E-state index in [2.05, 4.69) is 4.98 Å². The molecule has 0 saturated carbocycles. The predicted molar refractivity (Wildman–Crippen MR) is 111 cm³/mol. The average molecular weight is 379 g/mol. The van der Waals surface area contributed by atoms with E-state index in [1.54, 1.807) is 4.57 Å². The van der Waals surface area contributed by atoms with Crippen LogP contribution in [0.1, 0.15) is 25.2 Å². The van der Waals surface area contributed by atoms with Crippen molar-refractivity contribution in [1.29, 1.82) is 0 Å². The van der Waals surface area contributed by atoms with Gasteiger partial charge in [0.2, 0.25) is 0 Å². The predicted octanol–water partition coefficient (Wildman–Crippen LogP) is 3.76. The number of aromatic nitrogens is 2. The van der Waals surface area contributed by atoms with E-state index < -0.39 is 5.82 Å². The van der Waals surface area contributed by atoms with Crippen LogP contribution in [-0.4, -0.2) is 29.4 Å². The molecule has 0 aliphatic heterocycles. The number of aryl methyl sites for hydroxylation is 1. The van der Waals surface area contributed by atoms with Gasteiger partial charge in [0.05, 0.1) is 16.6 Å². The minimum Gasteiger partial charge on any atom is -0.378 e. The van der Waals surface area contributed by atoms with Gasteiger partial charge in [-0.25, -0.2) is 9.37 Å². The Morgan fingerprint density at radius 1 is 1.21 bits per heavy atom. The van der Waals surface area contributed by atoms with Gasteiger partial charge in [-0.05, 0) is 49.4 Å². The second-order valence-electron chi connectivity index (χ2n) is 6.77. The smallest absolute Gasteiger partial charge is 0.265 e.